The zero-order valence-electron chi connectivity index (χ0n) is 11.7. The van der Waals surface area contributed by atoms with Crippen molar-refractivity contribution in [3.05, 3.63) is 34.3 Å². The fourth-order valence-electron chi connectivity index (χ4n) is 2.91. The maximum Gasteiger partial charge on any atom is 0.0760 e. The highest BCUT2D eigenvalue weighted by molar-refractivity contribution is 9.10. The van der Waals surface area contributed by atoms with Gasteiger partial charge in [0.15, 0.2) is 0 Å². The number of rotatable bonds is 2. The first-order valence-corrected chi connectivity index (χ1v) is 7.22. The molecule has 0 amide bonds. The molecule has 2 nitrogen and oxygen atoms in total. The Hall–Kier alpha value is -0.380. The third-order valence-corrected chi connectivity index (χ3v) is 3.61. The van der Waals surface area contributed by atoms with Crippen LogP contribution in [0.3, 0.4) is 0 Å². The summed E-state index contributed by atoms with van der Waals surface area (Å²) in [6.45, 7) is 11.6. The first kappa shape index (κ1) is 14.0. The average molecular weight is 312 g/mol. The van der Waals surface area contributed by atoms with Gasteiger partial charge in [0.05, 0.1) is 11.2 Å². The Morgan fingerprint density at radius 1 is 1.06 bits per heavy atom. The molecule has 3 heteroatoms. The molecule has 0 spiro atoms. The number of hydrogen-bond donors (Lipinski definition) is 0. The van der Waals surface area contributed by atoms with Gasteiger partial charge in [0.1, 0.15) is 0 Å². The highest BCUT2D eigenvalue weighted by atomic mass is 79.9. The summed E-state index contributed by atoms with van der Waals surface area (Å²) in [5.41, 5.74) is 1.21. The molecule has 100 valence electrons. The van der Waals surface area contributed by atoms with Crippen LogP contribution in [0.2, 0.25) is 0 Å². The van der Waals surface area contributed by atoms with Crippen LogP contribution in [0, 0.1) is 0 Å². The molecule has 0 N–H and O–H groups in total. The van der Waals surface area contributed by atoms with E-state index in [1.807, 2.05) is 0 Å². The van der Waals surface area contributed by atoms with Gasteiger partial charge in [-0.2, -0.15) is 0 Å². The van der Waals surface area contributed by atoms with Gasteiger partial charge in [-0.05, 0) is 45.4 Å². The van der Waals surface area contributed by atoms with Crippen LogP contribution in [0.1, 0.15) is 33.3 Å². The zero-order chi connectivity index (χ0) is 13.4. The summed E-state index contributed by atoms with van der Waals surface area (Å²) in [7, 11) is 0. The maximum atomic E-state index is 6.10. The molecule has 0 radical (unpaired) electrons. The first-order valence-electron chi connectivity index (χ1n) is 6.43. The highest BCUT2D eigenvalue weighted by Crippen LogP contribution is 2.29. The molecule has 1 aromatic rings. The van der Waals surface area contributed by atoms with Crippen LogP contribution in [0.4, 0.5) is 0 Å². The van der Waals surface area contributed by atoms with Gasteiger partial charge in [-0.25, -0.2) is 0 Å². The van der Waals surface area contributed by atoms with Gasteiger partial charge in [0.2, 0.25) is 0 Å². The van der Waals surface area contributed by atoms with Crippen LogP contribution in [-0.4, -0.2) is 29.2 Å². The summed E-state index contributed by atoms with van der Waals surface area (Å²) in [6, 6.07) is 8.57. The molecule has 1 aromatic carbocycles. The fraction of sp³-hybridized carbons (Fsp3) is 0.600. The van der Waals surface area contributed by atoms with Crippen LogP contribution in [0.15, 0.2) is 28.7 Å². The Balaban J connectivity index is 2.07. The van der Waals surface area contributed by atoms with Gasteiger partial charge in [-0.3, -0.25) is 4.90 Å². The molecule has 2 rings (SSSR count). The summed E-state index contributed by atoms with van der Waals surface area (Å²) in [6.07, 6.45) is 0. The summed E-state index contributed by atoms with van der Waals surface area (Å²) < 4.78 is 7.23. The smallest absolute Gasteiger partial charge is 0.0760 e. The summed E-state index contributed by atoms with van der Waals surface area (Å²) in [5, 5.41) is 0. The minimum Gasteiger partial charge on any atom is -0.367 e. The van der Waals surface area contributed by atoms with E-state index >= 15 is 0 Å². The lowest BCUT2D eigenvalue weighted by Crippen LogP contribution is -2.56. The molecule has 1 fully saturated rings. The minimum atomic E-state index is -0.0723. The number of hydrogen-bond acceptors (Lipinski definition) is 2. The van der Waals surface area contributed by atoms with E-state index in [0.29, 0.717) is 0 Å². The normalized spacial score (nSPS) is 22.9. The van der Waals surface area contributed by atoms with Crippen molar-refractivity contribution in [2.24, 2.45) is 0 Å². The topological polar surface area (TPSA) is 12.5 Å². The molecule has 0 bridgehead atoms. The lowest BCUT2D eigenvalue weighted by atomic mass is 9.98. The second kappa shape index (κ2) is 4.95. The van der Waals surface area contributed by atoms with E-state index in [4.69, 9.17) is 4.74 Å². The lowest BCUT2D eigenvalue weighted by molar-refractivity contribution is -0.182. The molecule has 0 aromatic heterocycles. The van der Waals surface area contributed by atoms with Crippen LogP contribution in [0.25, 0.3) is 0 Å². The molecule has 0 saturated carbocycles. The lowest BCUT2D eigenvalue weighted by Gasteiger charge is -2.47. The second-order valence-corrected chi connectivity index (χ2v) is 7.31. The van der Waals surface area contributed by atoms with Crippen molar-refractivity contribution in [2.45, 2.75) is 45.4 Å². The van der Waals surface area contributed by atoms with E-state index in [0.717, 1.165) is 24.1 Å². The van der Waals surface area contributed by atoms with Crippen molar-refractivity contribution in [3.8, 4) is 0 Å². The molecule has 0 unspecified atom stereocenters. The molecule has 1 heterocycles. The van der Waals surface area contributed by atoms with Crippen molar-refractivity contribution in [3.63, 3.8) is 0 Å². The monoisotopic (exact) mass is 311 g/mol. The first-order chi connectivity index (χ1) is 8.26. The van der Waals surface area contributed by atoms with Crippen LogP contribution in [-0.2, 0) is 11.3 Å². The number of ether oxygens (including phenoxy) is 1. The van der Waals surface area contributed by atoms with E-state index in [9.17, 15) is 0 Å². The number of benzene rings is 1. The highest BCUT2D eigenvalue weighted by Gasteiger charge is 2.37. The van der Waals surface area contributed by atoms with E-state index in [-0.39, 0.29) is 11.2 Å². The van der Waals surface area contributed by atoms with E-state index in [1.165, 1.54) is 5.56 Å². The second-order valence-electron chi connectivity index (χ2n) is 6.39. The van der Waals surface area contributed by atoms with E-state index in [2.05, 4.69) is 72.8 Å². The number of halogens is 1. The number of morpholine rings is 1. The fourth-order valence-corrected chi connectivity index (χ4v) is 3.17. The van der Waals surface area contributed by atoms with E-state index in [1.54, 1.807) is 0 Å². The van der Waals surface area contributed by atoms with Crippen molar-refractivity contribution >= 4 is 15.9 Å². The Morgan fingerprint density at radius 3 is 2.06 bits per heavy atom. The van der Waals surface area contributed by atoms with Crippen molar-refractivity contribution in [1.82, 2.24) is 4.90 Å². The average Bonchev–Trinajstić information content (AvgIpc) is 2.16. The largest absolute Gasteiger partial charge is 0.367 e. The zero-order valence-corrected chi connectivity index (χ0v) is 13.3. The van der Waals surface area contributed by atoms with Gasteiger partial charge in [0.25, 0.3) is 0 Å². The molecule has 1 saturated heterocycles. The summed E-state index contributed by atoms with van der Waals surface area (Å²) in [5.74, 6) is 0. The predicted octanol–water partition coefficient (Wildman–Crippen LogP) is 3.84. The number of nitrogens with zero attached hydrogens (tertiary/aromatic N) is 1. The molecular formula is C15H22BrNO. The van der Waals surface area contributed by atoms with Crippen molar-refractivity contribution in [2.75, 3.05) is 13.1 Å². The van der Waals surface area contributed by atoms with Crippen molar-refractivity contribution in [1.29, 1.82) is 0 Å². The van der Waals surface area contributed by atoms with Gasteiger partial charge >= 0.3 is 0 Å². The quantitative estimate of drug-likeness (QED) is 0.823. The Bertz CT molecular complexity index is 395. The SMILES string of the molecule is CC1(C)CN(Cc2ccc(Br)cc2)CC(C)(C)O1. The van der Waals surface area contributed by atoms with Crippen LogP contribution >= 0.6 is 15.9 Å². The van der Waals surface area contributed by atoms with Crippen molar-refractivity contribution < 1.29 is 4.74 Å². The molecule has 1 aliphatic rings. The molecule has 0 atom stereocenters. The van der Waals surface area contributed by atoms with Gasteiger partial charge in [-0.15, -0.1) is 0 Å². The Kier molecular flexibility index (Phi) is 3.86. The van der Waals surface area contributed by atoms with Gasteiger partial charge in [-0.1, -0.05) is 28.1 Å². The standard InChI is InChI=1S/C15H22BrNO/c1-14(2)10-17(11-15(3,4)18-14)9-12-5-7-13(16)8-6-12/h5-8H,9-11H2,1-4H3. The third kappa shape index (κ3) is 3.81. The molecular weight excluding hydrogens is 290 g/mol. The summed E-state index contributed by atoms with van der Waals surface area (Å²) in [4.78, 5) is 2.48. The predicted molar refractivity (Wildman–Crippen MR) is 78.7 cm³/mol. The van der Waals surface area contributed by atoms with Crippen LogP contribution in [0.5, 0.6) is 0 Å². The minimum absolute atomic E-state index is 0.0723. The third-order valence-electron chi connectivity index (χ3n) is 3.08. The molecule has 18 heavy (non-hydrogen) atoms. The van der Waals surface area contributed by atoms with Crippen LogP contribution < -0.4 is 0 Å². The van der Waals surface area contributed by atoms with Gasteiger partial charge < -0.3 is 4.74 Å². The van der Waals surface area contributed by atoms with E-state index < -0.39 is 0 Å². The Morgan fingerprint density at radius 2 is 1.56 bits per heavy atom. The molecule has 1 aliphatic heterocycles. The maximum absolute atomic E-state index is 6.10. The van der Waals surface area contributed by atoms with Gasteiger partial charge in [0, 0.05) is 24.1 Å². The summed E-state index contributed by atoms with van der Waals surface area (Å²) >= 11 is 3.47. The molecule has 0 aliphatic carbocycles. The Labute approximate surface area is 118 Å².